The molecular formula is C17H11FO4. The van der Waals surface area contributed by atoms with Crippen molar-refractivity contribution in [3.05, 3.63) is 58.5 Å². The van der Waals surface area contributed by atoms with E-state index >= 15 is 0 Å². The van der Waals surface area contributed by atoms with Crippen LogP contribution in [0.1, 0.15) is 0 Å². The number of halogens is 1. The van der Waals surface area contributed by atoms with Crippen molar-refractivity contribution < 1.29 is 18.3 Å². The van der Waals surface area contributed by atoms with E-state index in [1.54, 1.807) is 18.2 Å². The van der Waals surface area contributed by atoms with E-state index in [1.807, 2.05) is 0 Å². The Hall–Kier alpha value is -2.82. The molecule has 0 N–H and O–H groups in total. The first-order valence-electron chi connectivity index (χ1n) is 6.84. The number of fused-ring (bicyclic) bond motifs is 2. The molecule has 0 radical (unpaired) electrons. The lowest BCUT2D eigenvalue weighted by atomic mass is 10.1. The molecule has 22 heavy (non-hydrogen) atoms. The molecule has 4 rings (SSSR count). The minimum absolute atomic E-state index is 0.223. The summed E-state index contributed by atoms with van der Waals surface area (Å²) >= 11 is 0. The van der Waals surface area contributed by atoms with Crippen LogP contribution in [0, 0.1) is 5.82 Å². The van der Waals surface area contributed by atoms with Crippen LogP contribution >= 0.6 is 0 Å². The van der Waals surface area contributed by atoms with Crippen LogP contribution in [0.25, 0.3) is 22.3 Å². The van der Waals surface area contributed by atoms with Gasteiger partial charge in [-0.2, -0.15) is 0 Å². The molecule has 0 bridgehead atoms. The molecule has 1 aliphatic heterocycles. The highest BCUT2D eigenvalue weighted by Crippen LogP contribution is 2.34. The van der Waals surface area contributed by atoms with Gasteiger partial charge >= 0.3 is 0 Å². The topological polar surface area (TPSA) is 48.7 Å². The molecule has 0 unspecified atom stereocenters. The quantitative estimate of drug-likeness (QED) is 0.691. The number of hydrogen-bond acceptors (Lipinski definition) is 4. The number of rotatable bonds is 1. The van der Waals surface area contributed by atoms with E-state index in [0.29, 0.717) is 41.6 Å². The number of benzene rings is 2. The zero-order valence-electron chi connectivity index (χ0n) is 11.5. The second-order valence-corrected chi connectivity index (χ2v) is 4.97. The summed E-state index contributed by atoms with van der Waals surface area (Å²) in [5, 5.41) is 0.223. The Bertz CT molecular complexity index is 930. The second-order valence-electron chi connectivity index (χ2n) is 4.97. The van der Waals surface area contributed by atoms with E-state index in [9.17, 15) is 9.18 Å². The monoisotopic (exact) mass is 298 g/mol. The van der Waals surface area contributed by atoms with Crippen LogP contribution in [0.5, 0.6) is 11.5 Å². The van der Waals surface area contributed by atoms with Crippen molar-refractivity contribution in [2.45, 2.75) is 0 Å². The van der Waals surface area contributed by atoms with Crippen LogP contribution in [0.3, 0.4) is 0 Å². The van der Waals surface area contributed by atoms with Gasteiger partial charge in [0.1, 0.15) is 30.4 Å². The Morgan fingerprint density at radius 1 is 0.909 bits per heavy atom. The minimum Gasteiger partial charge on any atom is -0.486 e. The normalized spacial score (nSPS) is 13.3. The highest BCUT2D eigenvalue weighted by Gasteiger charge is 2.14. The fraction of sp³-hybridized carbons (Fsp3) is 0.118. The minimum atomic E-state index is -0.466. The van der Waals surface area contributed by atoms with Crippen molar-refractivity contribution >= 4 is 11.0 Å². The third-order valence-corrected chi connectivity index (χ3v) is 3.52. The largest absolute Gasteiger partial charge is 0.486 e. The maximum absolute atomic E-state index is 13.2. The second kappa shape index (κ2) is 4.87. The molecule has 1 aromatic heterocycles. The van der Waals surface area contributed by atoms with E-state index in [0.717, 1.165) is 0 Å². The number of ether oxygens (including phenoxy) is 2. The predicted octanol–water partition coefficient (Wildman–Crippen LogP) is 3.37. The smallest absolute Gasteiger partial charge is 0.193 e. The first-order chi connectivity index (χ1) is 10.7. The highest BCUT2D eigenvalue weighted by molar-refractivity contribution is 5.79. The van der Waals surface area contributed by atoms with Gasteiger partial charge in [0.2, 0.25) is 0 Å². The van der Waals surface area contributed by atoms with Gasteiger partial charge < -0.3 is 13.9 Å². The lowest BCUT2D eigenvalue weighted by Gasteiger charge is -2.18. The van der Waals surface area contributed by atoms with Gasteiger partial charge in [-0.3, -0.25) is 4.79 Å². The van der Waals surface area contributed by atoms with Crippen LogP contribution < -0.4 is 14.9 Å². The molecule has 0 amide bonds. The Morgan fingerprint density at radius 2 is 1.73 bits per heavy atom. The third kappa shape index (κ3) is 2.11. The molecule has 0 saturated carbocycles. The summed E-state index contributed by atoms with van der Waals surface area (Å²) in [7, 11) is 0. The first-order valence-corrected chi connectivity index (χ1v) is 6.84. The van der Waals surface area contributed by atoms with Gasteiger partial charge in [0.25, 0.3) is 0 Å². The van der Waals surface area contributed by atoms with E-state index in [-0.39, 0.29) is 10.8 Å². The van der Waals surface area contributed by atoms with Crippen molar-refractivity contribution in [1.29, 1.82) is 0 Å². The number of hydrogen-bond donors (Lipinski definition) is 0. The summed E-state index contributed by atoms with van der Waals surface area (Å²) in [6, 6.07) is 10.6. The standard InChI is InChI=1S/C17H11FO4/c18-11-2-4-14-12(8-11)13(19)9-16(22-14)10-1-3-15-17(7-10)21-6-5-20-15/h1-4,7-9H,5-6H2. The summed E-state index contributed by atoms with van der Waals surface area (Å²) in [6.07, 6.45) is 0. The molecular weight excluding hydrogens is 287 g/mol. The van der Waals surface area contributed by atoms with Crippen LogP contribution in [0.15, 0.2) is 51.7 Å². The molecule has 2 heterocycles. The summed E-state index contributed by atoms with van der Waals surface area (Å²) in [5.74, 6) is 1.22. The van der Waals surface area contributed by atoms with Gasteiger partial charge in [0.15, 0.2) is 16.9 Å². The van der Waals surface area contributed by atoms with Crippen molar-refractivity contribution in [1.82, 2.24) is 0 Å². The third-order valence-electron chi connectivity index (χ3n) is 3.52. The zero-order valence-corrected chi connectivity index (χ0v) is 11.5. The molecule has 0 fully saturated rings. The maximum atomic E-state index is 13.2. The molecule has 110 valence electrons. The summed E-state index contributed by atoms with van der Waals surface area (Å²) in [5.41, 5.74) is 0.761. The molecule has 4 nitrogen and oxygen atoms in total. The lowest BCUT2D eigenvalue weighted by Crippen LogP contribution is -2.15. The van der Waals surface area contributed by atoms with Crippen molar-refractivity contribution in [2.75, 3.05) is 13.2 Å². The van der Waals surface area contributed by atoms with Gasteiger partial charge in [0.05, 0.1) is 5.39 Å². The molecule has 1 aliphatic rings. The maximum Gasteiger partial charge on any atom is 0.193 e. The highest BCUT2D eigenvalue weighted by atomic mass is 19.1. The van der Waals surface area contributed by atoms with Crippen molar-refractivity contribution in [3.8, 4) is 22.8 Å². The van der Waals surface area contributed by atoms with Gasteiger partial charge in [0, 0.05) is 11.6 Å². The Kier molecular flexibility index (Phi) is 2.85. The summed E-state index contributed by atoms with van der Waals surface area (Å²) < 4.78 is 29.9. The zero-order chi connectivity index (χ0) is 15.1. The van der Waals surface area contributed by atoms with Gasteiger partial charge in [-0.25, -0.2) is 4.39 Å². The summed E-state index contributed by atoms with van der Waals surface area (Å²) in [4.78, 5) is 12.1. The van der Waals surface area contributed by atoms with E-state index in [1.165, 1.54) is 24.3 Å². The van der Waals surface area contributed by atoms with Crippen LogP contribution in [0.2, 0.25) is 0 Å². The van der Waals surface area contributed by atoms with Crippen molar-refractivity contribution in [3.63, 3.8) is 0 Å². The lowest BCUT2D eigenvalue weighted by molar-refractivity contribution is 0.171. The molecule has 0 aliphatic carbocycles. The van der Waals surface area contributed by atoms with E-state index in [2.05, 4.69) is 0 Å². The first kappa shape index (κ1) is 12.9. The molecule has 2 aromatic carbocycles. The Balaban J connectivity index is 1.87. The molecule has 5 heteroatoms. The molecule has 0 saturated heterocycles. The molecule has 0 spiro atoms. The predicted molar refractivity (Wildman–Crippen MR) is 78.9 cm³/mol. The Labute approximate surface area is 124 Å². The van der Waals surface area contributed by atoms with Gasteiger partial charge in [-0.05, 0) is 36.4 Å². The van der Waals surface area contributed by atoms with Crippen molar-refractivity contribution in [2.24, 2.45) is 0 Å². The molecule has 0 atom stereocenters. The van der Waals surface area contributed by atoms with Gasteiger partial charge in [-0.1, -0.05) is 0 Å². The average Bonchev–Trinajstić information content (AvgIpc) is 2.55. The van der Waals surface area contributed by atoms with Crippen LogP contribution in [0.4, 0.5) is 4.39 Å². The fourth-order valence-corrected chi connectivity index (χ4v) is 2.47. The van der Waals surface area contributed by atoms with E-state index < -0.39 is 5.82 Å². The van der Waals surface area contributed by atoms with Crippen LogP contribution in [-0.4, -0.2) is 13.2 Å². The summed E-state index contributed by atoms with van der Waals surface area (Å²) in [6.45, 7) is 1.00. The average molecular weight is 298 g/mol. The van der Waals surface area contributed by atoms with Gasteiger partial charge in [-0.15, -0.1) is 0 Å². The Morgan fingerprint density at radius 3 is 2.59 bits per heavy atom. The molecule has 3 aromatic rings. The SMILES string of the molecule is O=c1cc(-c2ccc3c(c2)OCCO3)oc2ccc(F)cc12. The van der Waals surface area contributed by atoms with Crippen LogP contribution in [-0.2, 0) is 0 Å². The fourth-order valence-electron chi connectivity index (χ4n) is 2.47. The van der Waals surface area contributed by atoms with E-state index in [4.69, 9.17) is 13.9 Å².